The Balaban J connectivity index is 1.48. The molecule has 0 radical (unpaired) electrons. The van der Waals surface area contributed by atoms with Crippen LogP contribution in [-0.4, -0.2) is 45.7 Å². The summed E-state index contributed by atoms with van der Waals surface area (Å²) in [4.78, 5) is 44.9. The normalized spacial score (nSPS) is 23.4. The number of aliphatic imine (C=N–C) groups is 1. The highest BCUT2D eigenvalue weighted by molar-refractivity contribution is 6.47. The number of carbonyl (C=O) groups excluding carboxylic acids is 2. The first kappa shape index (κ1) is 28.6. The largest absolute Gasteiger partial charge is 0.481 e. The van der Waals surface area contributed by atoms with Crippen LogP contribution in [0.15, 0.2) is 47.5 Å². The zero-order valence-electron chi connectivity index (χ0n) is 22.8. The van der Waals surface area contributed by atoms with Gasteiger partial charge in [0.2, 0.25) is 0 Å². The zero-order valence-corrected chi connectivity index (χ0v) is 24.3. The molecule has 1 unspecified atom stereocenters. The van der Waals surface area contributed by atoms with Crippen molar-refractivity contribution in [2.75, 3.05) is 6.54 Å². The van der Waals surface area contributed by atoms with Gasteiger partial charge in [-0.05, 0) is 92.2 Å². The highest BCUT2D eigenvalue weighted by Gasteiger charge is 2.54. The van der Waals surface area contributed by atoms with E-state index in [0.29, 0.717) is 44.6 Å². The van der Waals surface area contributed by atoms with Crippen molar-refractivity contribution >= 4 is 46.7 Å². The van der Waals surface area contributed by atoms with E-state index < -0.39 is 11.6 Å². The molecule has 1 atom stereocenters. The zero-order chi connectivity index (χ0) is 28.6. The maximum absolute atomic E-state index is 14.3. The SMILES string of the molecule is CC(C)C1CCC2(CC1)N=C(c1cc(Cl)cc(Cl)c1)C(=O)N2C(c1ccc(C(=O)NCCC(=O)O)cc1)C1CC1. The fourth-order valence-electron chi connectivity index (χ4n) is 6.26. The molecular weight excluding hydrogens is 549 g/mol. The van der Waals surface area contributed by atoms with Gasteiger partial charge >= 0.3 is 5.97 Å². The van der Waals surface area contributed by atoms with Crippen LogP contribution in [0.3, 0.4) is 0 Å². The number of nitrogens with one attached hydrogen (secondary N) is 1. The summed E-state index contributed by atoms with van der Waals surface area (Å²) in [5.41, 5.74) is 1.84. The number of hydrogen-bond donors (Lipinski definition) is 2. The van der Waals surface area contributed by atoms with Gasteiger partial charge in [0.1, 0.15) is 11.4 Å². The lowest BCUT2D eigenvalue weighted by Crippen LogP contribution is -2.51. The van der Waals surface area contributed by atoms with Crippen LogP contribution in [0.5, 0.6) is 0 Å². The minimum atomic E-state index is -0.962. The minimum Gasteiger partial charge on any atom is -0.481 e. The van der Waals surface area contributed by atoms with E-state index in [1.54, 1.807) is 30.3 Å². The number of halogens is 2. The van der Waals surface area contributed by atoms with Gasteiger partial charge in [-0.1, -0.05) is 49.2 Å². The fraction of sp³-hybridized carbons (Fsp3) is 0.484. The van der Waals surface area contributed by atoms with Crippen molar-refractivity contribution in [1.29, 1.82) is 0 Å². The third-order valence-electron chi connectivity index (χ3n) is 8.59. The van der Waals surface area contributed by atoms with E-state index >= 15 is 0 Å². The fourth-order valence-corrected chi connectivity index (χ4v) is 6.79. The van der Waals surface area contributed by atoms with Crippen LogP contribution in [0.2, 0.25) is 10.0 Å². The van der Waals surface area contributed by atoms with Gasteiger partial charge in [-0.3, -0.25) is 19.4 Å². The number of aliphatic carboxylic acids is 1. The molecule has 212 valence electrons. The van der Waals surface area contributed by atoms with Gasteiger partial charge < -0.3 is 15.3 Å². The first-order valence-electron chi connectivity index (χ1n) is 14.1. The number of amides is 2. The van der Waals surface area contributed by atoms with Crippen molar-refractivity contribution in [2.24, 2.45) is 22.7 Å². The first-order valence-corrected chi connectivity index (χ1v) is 14.8. The van der Waals surface area contributed by atoms with Gasteiger partial charge in [0.25, 0.3) is 11.8 Å². The topological polar surface area (TPSA) is 99.1 Å². The Labute approximate surface area is 244 Å². The van der Waals surface area contributed by atoms with Crippen molar-refractivity contribution in [3.8, 4) is 0 Å². The van der Waals surface area contributed by atoms with Crippen LogP contribution in [0, 0.1) is 17.8 Å². The molecule has 1 heterocycles. The van der Waals surface area contributed by atoms with Crippen molar-refractivity contribution in [3.63, 3.8) is 0 Å². The van der Waals surface area contributed by atoms with Gasteiger partial charge in [-0.25, -0.2) is 0 Å². The number of carboxylic acids is 1. The molecule has 2 aliphatic carbocycles. The van der Waals surface area contributed by atoms with E-state index in [2.05, 4.69) is 19.2 Å². The Hall–Kier alpha value is -2.90. The second kappa shape index (κ2) is 11.5. The van der Waals surface area contributed by atoms with Crippen molar-refractivity contribution in [3.05, 3.63) is 69.2 Å². The van der Waals surface area contributed by atoms with Crippen molar-refractivity contribution in [1.82, 2.24) is 10.2 Å². The van der Waals surface area contributed by atoms with Crippen LogP contribution >= 0.6 is 23.2 Å². The molecule has 2 amide bonds. The molecule has 2 aromatic carbocycles. The molecule has 2 aromatic rings. The Bertz CT molecular complexity index is 1310. The van der Waals surface area contributed by atoms with Gasteiger partial charge in [-0.2, -0.15) is 0 Å². The second-order valence-electron chi connectivity index (χ2n) is 11.7. The molecule has 2 fully saturated rings. The summed E-state index contributed by atoms with van der Waals surface area (Å²) in [6.07, 6.45) is 5.51. The van der Waals surface area contributed by atoms with E-state index in [0.717, 1.165) is 44.1 Å². The Morgan fingerprint density at radius 2 is 1.65 bits per heavy atom. The van der Waals surface area contributed by atoms with Gasteiger partial charge in [0.05, 0.1) is 12.5 Å². The molecule has 0 saturated heterocycles. The van der Waals surface area contributed by atoms with Crippen LogP contribution < -0.4 is 5.32 Å². The van der Waals surface area contributed by atoms with Crippen molar-refractivity contribution < 1.29 is 19.5 Å². The molecule has 9 heteroatoms. The molecule has 2 saturated carbocycles. The summed E-state index contributed by atoms with van der Waals surface area (Å²) >= 11 is 12.6. The summed E-state index contributed by atoms with van der Waals surface area (Å²) in [7, 11) is 0. The third kappa shape index (κ3) is 5.91. The predicted octanol–water partition coefficient (Wildman–Crippen LogP) is 6.52. The average Bonchev–Trinajstić information content (AvgIpc) is 3.70. The Morgan fingerprint density at radius 1 is 1.02 bits per heavy atom. The number of carbonyl (C=O) groups is 3. The third-order valence-corrected chi connectivity index (χ3v) is 9.02. The van der Waals surface area contributed by atoms with Crippen LogP contribution in [0.4, 0.5) is 0 Å². The predicted molar refractivity (Wildman–Crippen MR) is 156 cm³/mol. The molecule has 7 nitrogen and oxygen atoms in total. The second-order valence-corrected chi connectivity index (χ2v) is 12.5. The van der Waals surface area contributed by atoms with Crippen LogP contribution in [-0.2, 0) is 9.59 Å². The van der Waals surface area contributed by atoms with E-state index in [-0.39, 0.29) is 30.8 Å². The highest BCUT2D eigenvalue weighted by atomic mass is 35.5. The summed E-state index contributed by atoms with van der Waals surface area (Å²) in [6.45, 7) is 4.58. The summed E-state index contributed by atoms with van der Waals surface area (Å²) in [5.74, 6) is 0.105. The number of hydrogen-bond acceptors (Lipinski definition) is 4. The number of nitrogens with zero attached hydrogens (tertiary/aromatic N) is 2. The highest BCUT2D eigenvalue weighted by Crippen LogP contribution is 2.53. The Kier molecular flexibility index (Phi) is 8.25. The number of rotatable bonds is 9. The summed E-state index contributed by atoms with van der Waals surface area (Å²) < 4.78 is 0. The van der Waals surface area contributed by atoms with Crippen LogP contribution in [0.25, 0.3) is 0 Å². The molecule has 0 bridgehead atoms. The smallest absolute Gasteiger partial charge is 0.305 e. The van der Waals surface area contributed by atoms with Gasteiger partial charge in [0, 0.05) is 27.7 Å². The van der Waals surface area contributed by atoms with Gasteiger partial charge in [0.15, 0.2) is 0 Å². The van der Waals surface area contributed by atoms with E-state index in [1.165, 1.54) is 0 Å². The maximum atomic E-state index is 14.3. The Morgan fingerprint density at radius 3 is 2.20 bits per heavy atom. The molecule has 1 aliphatic heterocycles. The quantitative estimate of drug-likeness (QED) is 0.351. The lowest BCUT2D eigenvalue weighted by atomic mass is 9.76. The number of carboxylic acid groups (broad SMARTS) is 1. The molecule has 3 aliphatic rings. The molecule has 5 rings (SSSR count). The van der Waals surface area contributed by atoms with E-state index in [4.69, 9.17) is 33.3 Å². The lowest BCUT2D eigenvalue weighted by molar-refractivity contribution is -0.137. The molecule has 2 N–H and O–H groups in total. The van der Waals surface area contributed by atoms with Crippen LogP contribution in [0.1, 0.15) is 86.3 Å². The monoisotopic (exact) mass is 583 g/mol. The maximum Gasteiger partial charge on any atom is 0.305 e. The van der Waals surface area contributed by atoms with Gasteiger partial charge in [-0.15, -0.1) is 0 Å². The average molecular weight is 585 g/mol. The molecule has 0 aromatic heterocycles. The number of benzene rings is 2. The molecular formula is C31H35Cl2N3O4. The summed E-state index contributed by atoms with van der Waals surface area (Å²) in [5, 5.41) is 12.4. The molecule has 40 heavy (non-hydrogen) atoms. The van der Waals surface area contributed by atoms with E-state index in [9.17, 15) is 14.4 Å². The standard InChI is InChI=1S/C31H35Cl2N3O4/c1-18(2)19-9-12-31(13-10-19)35-27(23-15-24(32)17-25(33)16-23)30(40)36(31)28(20-3-4-20)21-5-7-22(8-6-21)29(39)34-14-11-26(37)38/h5-8,15-20,28H,3-4,9-14H2,1-2H3,(H,34,39)(H,37,38). The first-order chi connectivity index (χ1) is 19.1. The molecule has 1 spiro atoms. The van der Waals surface area contributed by atoms with E-state index in [1.807, 2.05) is 17.0 Å². The lowest BCUT2D eigenvalue weighted by Gasteiger charge is -2.46. The minimum absolute atomic E-state index is 0.0659. The van der Waals surface area contributed by atoms with Crippen molar-refractivity contribution in [2.45, 2.75) is 70.5 Å². The summed E-state index contributed by atoms with van der Waals surface area (Å²) in [6, 6.07) is 12.3.